The summed E-state index contributed by atoms with van der Waals surface area (Å²) in [5, 5.41) is 3.80. The zero-order valence-electron chi connectivity index (χ0n) is 10.7. The van der Waals surface area contributed by atoms with Crippen LogP contribution in [0.1, 0.15) is 33.1 Å². The van der Waals surface area contributed by atoms with Crippen molar-refractivity contribution in [3.63, 3.8) is 0 Å². The van der Waals surface area contributed by atoms with Crippen LogP contribution in [0.4, 0.5) is 0 Å². The second kappa shape index (κ2) is 5.99. The van der Waals surface area contributed by atoms with Crippen molar-refractivity contribution in [1.82, 2.24) is 10.2 Å². The minimum atomic E-state index is 0.626. The van der Waals surface area contributed by atoms with Crippen molar-refractivity contribution < 1.29 is 4.74 Å². The molecule has 0 aromatic heterocycles. The molecule has 0 radical (unpaired) electrons. The maximum absolute atomic E-state index is 5.45. The van der Waals surface area contributed by atoms with E-state index < -0.39 is 0 Å². The van der Waals surface area contributed by atoms with E-state index in [1.807, 2.05) is 0 Å². The molecule has 2 rings (SSSR count). The number of piperidine rings is 1. The summed E-state index contributed by atoms with van der Waals surface area (Å²) in [7, 11) is 0. The van der Waals surface area contributed by atoms with Crippen LogP contribution < -0.4 is 5.32 Å². The first-order valence-corrected chi connectivity index (χ1v) is 6.85. The smallest absolute Gasteiger partial charge is 0.0509 e. The molecular formula is C13H26N2O. The Balaban J connectivity index is 1.69. The highest BCUT2D eigenvalue weighted by Crippen LogP contribution is 2.18. The Morgan fingerprint density at radius 2 is 2.06 bits per heavy atom. The lowest BCUT2D eigenvalue weighted by Gasteiger charge is -2.34. The fourth-order valence-corrected chi connectivity index (χ4v) is 2.87. The third kappa shape index (κ3) is 3.19. The van der Waals surface area contributed by atoms with Gasteiger partial charge in [0.2, 0.25) is 0 Å². The molecule has 2 unspecified atom stereocenters. The van der Waals surface area contributed by atoms with Gasteiger partial charge in [-0.1, -0.05) is 6.92 Å². The van der Waals surface area contributed by atoms with E-state index in [0.717, 1.165) is 25.2 Å². The molecule has 2 aliphatic rings. The average molecular weight is 226 g/mol. The second-order valence-corrected chi connectivity index (χ2v) is 5.29. The zero-order valence-corrected chi connectivity index (χ0v) is 10.7. The van der Waals surface area contributed by atoms with Crippen LogP contribution in [-0.4, -0.2) is 49.8 Å². The molecule has 16 heavy (non-hydrogen) atoms. The summed E-state index contributed by atoms with van der Waals surface area (Å²) in [6.45, 7) is 10.2. The molecule has 2 fully saturated rings. The van der Waals surface area contributed by atoms with Crippen LogP contribution in [0.15, 0.2) is 0 Å². The molecule has 0 bridgehead atoms. The van der Waals surface area contributed by atoms with Crippen LogP contribution in [-0.2, 0) is 4.74 Å². The van der Waals surface area contributed by atoms with E-state index in [0.29, 0.717) is 6.04 Å². The van der Waals surface area contributed by atoms with E-state index in [-0.39, 0.29) is 0 Å². The van der Waals surface area contributed by atoms with Crippen molar-refractivity contribution in [3.05, 3.63) is 0 Å². The molecule has 0 amide bonds. The monoisotopic (exact) mass is 226 g/mol. The van der Waals surface area contributed by atoms with E-state index in [4.69, 9.17) is 4.74 Å². The van der Waals surface area contributed by atoms with Crippen LogP contribution in [0.2, 0.25) is 0 Å². The summed E-state index contributed by atoms with van der Waals surface area (Å²) >= 11 is 0. The molecule has 94 valence electrons. The van der Waals surface area contributed by atoms with Crippen LogP contribution in [0.5, 0.6) is 0 Å². The van der Waals surface area contributed by atoms with Gasteiger partial charge >= 0.3 is 0 Å². The normalized spacial score (nSPS) is 30.8. The first-order chi connectivity index (χ1) is 7.79. The van der Waals surface area contributed by atoms with Gasteiger partial charge in [-0.25, -0.2) is 0 Å². The number of ether oxygens (including phenoxy) is 1. The lowest BCUT2D eigenvalue weighted by molar-refractivity contribution is 0.165. The molecular weight excluding hydrogens is 200 g/mol. The van der Waals surface area contributed by atoms with Crippen molar-refractivity contribution in [2.75, 3.05) is 32.8 Å². The Hall–Kier alpha value is -0.120. The summed E-state index contributed by atoms with van der Waals surface area (Å²) in [5.74, 6) is 0.740. The van der Waals surface area contributed by atoms with E-state index in [1.54, 1.807) is 0 Å². The van der Waals surface area contributed by atoms with Crippen molar-refractivity contribution in [1.29, 1.82) is 0 Å². The third-order valence-corrected chi connectivity index (χ3v) is 4.21. The summed E-state index contributed by atoms with van der Waals surface area (Å²) in [6, 6.07) is 1.36. The van der Waals surface area contributed by atoms with E-state index >= 15 is 0 Å². The molecule has 3 heteroatoms. The summed E-state index contributed by atoms with van der Waals surface area (Å²) < 4.78 is 5.45. The van der Waals surface area contributed by atoms with Crippen molar-refractivity contribution in [3.8, 4) is 0 Å². The minimum absolute atomic E-state index is 0.626. The highest BCUT2D eigenvalue weighted by molar-refractivity contribution is 4.83. The molecule has 0 aromatic carbocycles. The molecule has 0 aromatic rings. The molecule has 2 atom stereocenters. The molecule has 2 aliphatic heterocycles. The topological polar surface area (TPSA) is 24.5 Å². The van der Waals surface area contributed by atoms with Gasteiger partial charge in [-0.15, -0.1) is 0 Å². The van der Waals surface area contributed by atoms with E-state index in [2.05, 4.69) is 24.1 Å². The summed E-state index contributed by atoms with van der Waals surface area (Å²) in [5.41, 5.74) is 0. The van der Waals surface area contributed by atoms with Gasteiger partial charge in [-0.05, 0) is 51.7 Å². The highest BCUT2D eigenvalue weighted by atomic mass is 16.5. The fraction of sp³-hybridized carbons (Fsp3) is 1.00. The van der Waals surface area contributed by atoms with Gasteiger partial charge in [-0.2, -0.15) is 0 Å². The van der Waals surface area contributed by atoms with Crippen molar-refractivity contribution in [2.24, 2.45) is 5.92 Å². The number of hydrogen-bond acceptors (Lipinski definition) is 3. The van der Waals surface area contributed by atoms with Gasteiger partial charge in [0, 0.05) is 18.7 Å². The van der Waals surface area contributed by atoms with Gasteiger partial charge in [-0.3, -0.25) is 0 Å². The number of nitrogens with one attached hydrogen (secondary N) is 1. The molecule has 2 saturated heterocycles. The molecule has 0 spiro atoms. The summed E-state index contributed by atoms with van der Waals surface area (Å²) in [4.78, 5) is 2.54. The number of hydrogen-bond donors (Lipinski definition) is 1. The maximum Gasteiger partial charge on any atom is 0.0509 e. The van der Waals surface area contributed by atoms with Gasteiger partial charge in [0.1, 0.15) is 0 Å². The Bertz CT molecular complexity index is 196. The van der Waals surface area contributed by atoms with Crippen molar-refractivity contribution >= 4 is 0 Å². The lowest BCUT2D eigenvalue weighted by Crippen LogP contribution is -2.47. The number of rotatable bonds is 4. The van der Waals surface area contributed by atoms with E-state index in [9.17, 15) is 0 Å². The Kier molecular flexibility index (Phi) is 4.62. The van der Waals surface area contributed by atoms with Crippen LogP contribution in [0.25, 0.3) is 0 Å². The SMILES string of the molecule is CCN1CCC(NC(C)C2CCOC2)CC1. The average Bonchev–Trinajstić information content (AvgIpc) is 2.83. The predicted molar refractivity (Wildman–Crippen MR) is 66.7 cm³/mol. The first kappa shape index (κ1) is 12.3. The Labute approximate surface area is 99.5 Å². The van der Waals surface area contributed by atoms with E-state index in [1.165, 1.54) is 38.9 Å². The lowest BCUT2D eigenvalue weighted by atomic mass is 9.97. The predicted octanol–water partition coefficient (Wildman–Crippen LogP) is 1.49. The Morgan fingerprint density at radius 1 is 1.31 bits per heavy atom. The quantitative estimate of drug-likeness (QED) is 0.786. The maximum atomic E-state index is 5.45. The van der Waals surface area contributed by atoms with Gasteiger partial charge in [0.05, 0.1) is 6.61 Å². The number of nitrogens with zero attached hydrogens (tertiary/aromatic N) is 1. The minimum Gasteiger partial charge on any atom is -0.381 e. The number of likely N-dealkylation sites (tertiary alicyclic amines) is 1. The molecule has 1 N–H and O–H groups in total. The van der Waals surface area contributed by atoms with Crippen molar-refractivity contribution in [2.45, 2.75) is 45.2 Å². The second-order valence-electron chi connectivity index (χ2n) is 5.29. The standard InChI is InChI=1S/C13H26N2O/c1-3-15-7-4-13(5-8-15)14-11(2)12-6-9-16-10-12/h11-14H,3-10H2,1-2H3. The zero-order chi connectivity index (χ0) is 11.4. The van der Waals surface area contributed by atoms with Crippen LogP contribution >= 0.6 is 0 Å². The van der Waals surface area contributed by atoms with Crippen LogP contribution in [0, 0.1) is 5.92 Å². The van der Waals surface area contributed by atoms with Gasteiger partial charge in [0.15, 0.2) is 0 Å². The first-order valence-electron chi connectivity index (χ1n) is 6.85. The third-order valence-electron chi connectivity index (χ3n) is 4.21. The molecule has 0 saturated carbocycles. The highest BCUT2D eigenvalue weighted by Gasteiger charge is 2.25. The van der Waals surface area contributed by atoms with Crippen LogP contribution in [0.3, 0.4) is 0 Å². The largest absolute Gasteiger partial charge is 0.381 e. The summed E-state index contributed by atoms with van der Waals surface area (Å²) in [6.07, 6.45) is 3.86. The molecule has 2 heterocycles. The molecule has 3 nitrogen and oxygen atoms in total. The van der Waals surface area contributed by atoms with Gasteiger partial charge in [0.25, 0.3) is 0 Å². The molecule has 0 aliphatic carbocycles. The fourth-order valence-electron chi connectivity index (χ4n) is 2.87. The Morgan fingerprint density at radius 3 is 2.62 bits per heavy atom. The van der Waals surface area contributed by atoms with Gasteiger partial charge < -0.3 is 15.0 Å².